The molecule has 0 atom stereocenters. The molecule has 1 amide bonds. The van der Waals surface area contributed by atoms with Crippen LogP contribution >= 0.6 is 11.6 Å². The molecule has 14 heavy (non-hydrogen) atoms. The van der Waals surface area contributed by atoms with Crippen LogP contribution in [0, 0.1) is 11.7 Å². The first-order chi connectivity index (χ1) is 6.68. The van der Waals surface area contributed by atoms with E-state index in [-0.39, 0.29) is 22.5 Å². The van der Waals surface area contributed by atoms with Gasteiger partial charge in [0.05, 0.1) is 10.7 Å². The minimum atomic E-state index is -0.567. The van der Waals surface area contributed by atoms with E-state index in [1.807, 2.05) is 0 Å². The minimum Gasteiger partial charge on any atom is -0.323 e. The second kappa shape index (κ2) is 3.58. The third-order valence-corrected chi connectivity index (χ3v) is 2.45. The quantitative estimate of drug-likeness (QED) is 0.804. The van der Waals surface area contributed by atoms with Crippen molar-refractivity contribution < 1.29 is 9.18 Å². The van der Waals surface area contributed by atoms with Crippen molar-refractivity contribution in [3.05, 3.63) is 29.0 Å². The van der Waals surface area contributed by atoms with Crippen molar-refractivity contribution in [1.29, 1.82) is 0 Å². The highest BCUT2D eigenvalue weighted by Crippen LogP contribution is 2.31. The molecule has 0 aromatic heterocycles. The molecule has 2 nitrogen and oxygen atoms in total. The Kier molecular flexibility index (Phi) is 2.42. The molecule has 1 saturated carbocycles. The normalized spacial score (nSPS) is 15.3. The monoisotopic (exact) mass is 213 g/mol. The van der Waals surface area contributed by atoms with Crippen LogP contribution < -0.4 is 5.32 Å². The van der Waals surface area contributed by atoms with Crippen molar-refractivity contribution in [2.75, 3.05) is 5.32 Å². The average molecular weight is 214 g/mol. The number of carbonyl (C=O) groups is 1. The third kappa shape index (κ3) is 1.87. The van der Waals surface area contributed by atoms with Crippen LogP contribution in [0.25, 0.3) is 0 Å². The smallest absolute Gasteiger partial charge is 0.227 e. The first-order valence-corrected chi connectivity index (χ1v) is 4.81. The fourth-order valence-electron chi connectivity index (χ4n) is 1.18. The third-order valence-electron chi connectivity index (χ3n) is 2.16. The van der Waals surface area contributed by atoms with Crippen LogP contribution in [0.4, 0.5) is 10.1 Å². The molecule has 1 aromatic carbocycles. The standard InChI is InChI=1S/C10H9ClFNO/c11-7-2-1-3-8(9(7)12)13-10(14)6-4-5-6/h1-3,6H,4-5H2,(H,13,14). The van der Waals surface area contributed by atoms with Crippen molar-refractivity contribution >= 4 is 23.2 Å². The van der Waals surface area contributed by atoms with Crippen LogP contribution in [0.3, 0.4) is 0 Å². The van der Waals surface area contributed by atoms with E-state index in [4.69, 9.17) is 11.6 Å². The second-order valence-electron chi connectivity index (χ2n) is 3.36. The van der Waals surface area contributed by atoms with Gasteiger partial charge in [-0.15, -0.1) is 0 Å². The first-order valence-electron chi connectivity index (χ1n) is 4.43. The predicted octanol–water partition coefficient (Wildman–Crippen LogP) is 2.83. The van der Waals surface area contributed by atoms with Gasteiger partial charge in [-0.25, -0.2) is 4.39 Å². The Labute approximate surface area is 86.1 Å². The van der Waals surface area contributed by atoms with Crippen LogP contribution in [0.5, 0.6) is 0 Å². The summed E-state index contributed by atoms with van der Waals surface area (Å²) in [4.78, 5) is 11.3. The Morgan fingerprint density at radius 3 is 2.86 bits per heavy atom. The highest BCUT2D eigenvalue weighted by molar-refractivity contribution is 6.31. The van der Waals surface area contributed by atoms with Crippen LogP contribution in [0.2, 0.25) is 5.02 Å². The molecule has 4 heteroatoms. The van der Waals surface area contributed by atoms with Gasteiger partial charge in [0.1, 0.15) is 0 Å². The molecule has 1 N–H and O–H groups in total. The van der Waals surface area contributed by atoms with Gasteiger partial charge in [-0.1, -0.05) is 17.7 Å². The molecule has 1 fully saturated rings. The molecule has 0 heterocycles. The van der Waals surface area contributed by atoms with Gasteiger partial charge in [-0.05, 0) is 25.0 Å². The van der Waals surface area contributed by atoms with Gasteiger partial charge >= 0.3 is 0 Å². The Hall–Kier alpha value is -1.09. The molecule has 0 unspecified atom stereocenters. The lowest BCUT2D eigenvalue weighted by Crippen LogP contribution is -2.14. The van der Waals surface area contributed by atoms with Crippen molar-refractivity contribution in [2.45, 2.75) is 12.8 Å². The summed E-state index contributed by atoms with van der Waals surface area (Å²) in [6.45, 7) is 0. The van der Waals surface area contributed by atoms with Crippen molar-refractivity contribution in [3.8, 4) is 0 Å². The molecule has 1 aliphatic carbocycles. The van der Waals surface area contributed by atoms with Gasteiger partial charge in [-0.2, -0.15) is 0 Å². The maximum absolute atomic E-state index is 13.3. The number of halogens is 2. The molecule has 0 spiro atoms. The van der Waals surface area contributed by atoms with Gasteiger partial charge in [0.25, 0.3) is 0 Å². The number of rotatable bonds is 2. The van der Waals surface area contributed by atoms with Gasteiger partial charge < -0.3 is 5.32 Å². The Morgan fingerprint density at radius 1 is 1.50 bits per heavy atom. The van der Waals surface area contributed by atoms with E-state index in [0.29, 0.717) is 0 Å². The molecule has 1 aromatic rings. The van der Waals surface area contributed by atoms with Gasteiger partial charge in [0.2, 0.25) is 5.91 Å². The minimum absolute atomic E-state index is 0.0265. The van der Waals surface area contributed by atoms with Crippen LogP contribution in [-0.4, -0.2) is 5.91 Å². The number of nitrogens with one attached hydrogen (secondary N) is 1. The van der Waals surface area contributed by atoms with Crippen molar-refractivity contribution in [1.82, 2.24) is 0 Å². The van der Waals surface area contributed by atoms with E-state index >= 15 is 0 Å². The van der Waals surface area contributed by atoms with E-state index < -0.39 is 5.82 Å². The first kappa shape index (κ1) is 9.46. The number of hydrogen-bond donors (Lipinski definition) is 1. The van der Waals surface area contributed by atoms with E-state index in [9.17, 15) is 9.18 Å². The van der Waals surface area contributed by atoms with E-state index in [1.165, 1.54) is 12.1 Å². The number of benzene rings is 1. The fourth-order valence-corrected chi connectivity index (χ4v) is 1.36. The predicted molar refractivity (Wildman–Crippen MR) is 52.8 cm³/mol. The van der Waals surface area contributed by atoms with E-state index in [1.54, 1.807) is 6.07 Å². The molecular weight excluding hydrogens is 205 g/mol. The maximum atomic E-state index is 13.3. The fraction of sp³-hybridized carbons (Fsp3) is 0.300. The molecular formula is C10H9ClFNO. The SMILES string of the molecule is O=C(Nc1cccc(Cl)c1F)C1CC1. The molecule has 0 saturated heterocycles. The molecule has 0 radical (unpaired) electrons. The zero-order valence-electron chi connectivity index (χ0n) is 7.39. The lowest BCUT2D eigenvalue weighted by Gasteiger charge is -2.05. The maximum Gasteiger partial charge on any atom is 0.227 e. The van der Waals surface area contributed by atoms with Crippen LogP contribution in [0.1, 0.15) is 12.8 Å². The summed E-state index contributed by atoms with van der Waals surface area (Å²) in [6, 6.07) is 4.55. The Bertz CT molecular complexity index is 376. The van der Waals surface area contributed by atoms with E-state index in [0.717, 1.165) is 12.8 Å². The second-order valence-corrected chi connectivity index (χ2v) is 3.77. The summed E-state index contributed by atoms with van der Waals surface area (Å²) in [5, 5.41) is 2.54. The van der Waals surface area contributed by atoms with Crippen molar-refractivity contribution in [2.24, 2.45) is 5.92 Å². The van der Waals surface area contributed by atoms with Gasteiger partial charge in [-0.3, -0.25) is 4.79 Å². The number of anilines is 1. The topological polar surface area (TPSA) is 29.1 Å². The van der Waals surface area contributed by atoms with Gasteiger partial charge in [0.15, 0.2) is 5.82 Å². The lowest BCUT2D eigenvalue weighted by molar-refractivity contribution is -0.117. The van der Waals surface area contributed by atoms with Crippen molar-refractivity contribution in [3.63, 3.8) is 0 Å². The molecule has 2 rings (SSSR count). The largest absolute Gasteiger partial charge is 0.323 e. The van der Waals surface area contributed by atoms with Crippen LogP contribution in [-0.2, 0) is 4.79 Å². The molecule has 74 valence electrons. The molecule has 0 bridgehead atoms. The zero-order valence-corrected chi connectivity index (χ0v) is 8.14. The Morgan fingerprint density at radius 2 is 2.21 bits per heavy atom. The molecule has 0 aliphatic heterocycles. The summed E-state index contributed by atoms with van der Waals surface area (Å²) in [5.41, 5.74) is 0.161. The highest BCUT2D eigenvalue weighted by atomic mass is 35.5. The van der Waals surface area contributed by atoms with Crippen LogP contribution in [0.15, 0.2) is 18.2 Å². The summed E-state index contributed by atoms with van der Waals surface area (Å²) in [6.07, 6.45) is 1.79. The number of amides is 1. The average Bonchev–Trinajstić information content (AvgIpc) is 2.95. The van der Waals surface area contributed by atoms with E-state index in [2.05, 4.69) is 5.32 Å². The molecule has 1 aliphatic rings. The number of carbonyl (C=O) groups excluding carboxylic acids is 1. The number of hydrogen-bond acceptors (Lipinski definition) is 1. The van der Waals surface area contributed by atoms with Gasteiger partial charge in [0, 0.05) is 5.92 Å². The summed E-state index contributed by atoms with van der Waals surface area (Å²) >= 11 is 5.57. The highest BCUT2D eigenvalue weighted by Gasteiger charge is 2.30. The lowest BCUT2D eigenvalue weighted by atomic mass is 10.3. The summed E-state index contributed by atoms with van der Waals surface area (Å²) < 4.78 is 13.3. The zero-order chi connectivity index (χ0) is 10.1. The Balaban J connectivity index is 2.15. The summed E-state index contributed by atoms with van der Waals surface area (Å²) in [5.74, 6) is -0.622. The summed E-state index contributed by atoms with van der Waals surface area (Å²) in [7, 11) is 0.